The number of halogens is 2. The first-order chi connectivity index (χ1) is 8.15. The molecule has 0 unspecified atom stereocenters. The van der Waals surface area contributed by atoms with Crippen LogP contribution in [0.5, 0.6) is 5.75 Å². The molecule has 0 saturated heterocycles. The number of para-hydroxylation sites is 1. The molecule has 0 atom stereocenters. The minimum atomic E-state index is -2.82. The molecule has 0 aromatic heterocycles. The third-order valence-electron chi connectivity index (χ3n) is 3.00. The Kier molecular flexibility index (Phi) is 3.59. The number of alkyl halides is 2. The zero-order chi connectivity index (χ0) is 12.3. The van der Waals surface area contributed by atoms with Gasteiger partial charge in [-0.25, -0.2) is 0 Å². The molecule has 0 radical (unpaired) electrons. The van der Waals surface area contributed by atoms with Crippen LogP contribution in [0.1, 0.15) is 18.4 Å². The largest absolute Gasteiger partial charge is 0.434 e. The fourth-order valence-corrected chi connectivity index (χ4v) is 1.69. The van der Waals surface area contributed by atoms with Gasteiger partial charge in [-0.1, -0.05) is 18.2 Å². The Morgan fingerprint density at radius 1 is 1.35 bits per heavy atom. The van der Waals surface area contributed by atoms with Gasteiger partial charge < -0.3 is 15.2 Å². The number of aliphatic hydroxyl groups excluding tert-OH is 1. The molecule has 3 nitrogen and oxygen atoms in total. The van der Waals surface area contributed by atoms with E-state index in [0.717, 1.165) is 12.8 Å². The highest BCUT2D eigenvalue weighted by Crippen LogP contribution is 2.35. The monoisotopic (exact) mass is 243 g/mol. The summed E-state index contributed by atoms with van der Waals surface area (Å²) < 4.78 is 28.8. The molecule has 1 aromatic rings. The molecule has 1 aliphatic carbocycles. The maximum Gasteiger partial charge on any atom is 0.387 e. The minimum Gasteiger partial charge on any atom is -0.434 e. The van der Waals surface area contributed by atoms with Crippen LogP contribution in [-0.4, -0.2) is 23.9 Å². The summed E-state index contributed by atoms with van der Waals surface area (Å²) in [6, 6.07) is 6.67. The number of nitrogens with one attached hydrogen (secondary N) is 1. The molecular weight excluding hydrogens is 228 g/mol. The standard InChI is InChI=1S/C12H15F2NO2/c13-11(14)17-10-4-2-1-3-9(10)7-15-12(8-16)5-6-12/h1-4,11,15-16H,5-8H2. The Labute approximate surface area is 98.4 Å². The molecule has 0 amide bonds. The Morgan fingerprint density at radius 2 is 2.06 bits per heavy atom. The van der Waals surface area contributed by atoms with Crippen molar-refractivity contribution in [2.24, 2.45) is 0 Å². The summed E-state index contributed by atoms with van der Waals surface area (Å²) >= 11 is 0. The third kappa shape index (κ3) is 3.14. The van der Waals surface area contributed by atoms with E-state index in [-0.39, 0.29) is 17.9 Å². The van der Waals surface area contributed by atoms with E-state index in [1.165, 1.54) is 6.07 Å². The Hall–Kier alpha value is -1.20. The van der Waals surface area contributed by atoms with Gasteiger partial charge in [0.2, 0.25) is 0 Å². The maximum absolute atomic E-state index is 12.2. The van der Waals surface area contributed by atoms with Crippen LogP contribution in [0.3, 0.4) is 0 Å². The van der Waals surface area contributed by atoms with Crippen LogP contribution in [0, 0.1) is 0 Å². The van der Waals surface area contributed by atoms with Crippen molar-refractivity contribution in [1.82, 2.24) is 5.32 Å². The predicted molar refractivity (Wildman–Crippen MR) is 59.0 cm³/mol. The van der Waals surface area contributed by atoms with E-state index >= 15 is 0 Å². The lowest BCUT2D eigenvalue weighted by Gasteiger charge is -2.16. The van der Waals surface area contributed by atoms with Crippen molar-refractivity contribution in [3.63, 3.8) is 0 Å². The molecule has 5 heteroatoms. The van der Waals surface area contributed by atoms with E-state index in [2.05, 4.69) is 10.1 Å². The SMILES string of the molecule is OCC1(NCc2ccccc2OC(F)F)CC1. The van der Waals surface area contributed by atoms with Crippen LogP contribution in [-0.2, 0) is 6.54 Å². The van der Waals surface area contributed by atoms with Gasteiger partial charge in [-0.3, -0.25) is 0 Å². The van der Waals surface area contributed by atoms with Crippen LogP contribution in [0.2, 0.25) is 0 Å². The summed E-state index contributed by atoms with van der Waals surface area (Å²) in [6.07, 6.45) is 1.84. The Balaban J connectivity index is 1.99. The normalized spacial score (nSPS) is 17.2. The van der Waals surface area contributed by atoms with E-state index in [4.69, 9.17) is 5.11 Å². The molecule has 0 aliphatic heterocycles. The van der Waals surface area contributed by atoms with Gasteiger partial charge in [0.05, 0.1) is 6.61 Å². The molecule has 17 heavy (non-hydrogen) atoms. The first kappa shape index (κ1) is 12.3. The fourth-order valence-electron chi connectivity index (χ4n) is 1.69. The van der Waals surface area contributed by atoms with E-state index in [0.29, 0.717) is 12.1 Å². The second-order valence-corrected chi connectivity index (χ2v) is 4.28. The van der Waals surface area contributed by atoms with Crippen molar-refractivity contribution in [2.45, 2.75) is 31.5 Å². The molecule has 2 N–H and O–H groups in total. The number of aliphatic hydroxyl groups is 1. The molecular formula is C12H15F2NO2. The molecule has 1 aliphatic rings. The number of hydrogen-bond donors (Lipinski definition) is 2. The molecule has 1 fully saturated rings. The highest BCUT2D eigenvalue weighted by atomic mass is 19.3. The summed E-state index contributed by atoms with van der Waals surface area (Å²) in [4.78, 5) is 0. The van der Waals surface area contributed by atoms with Crippen molar-refractivity contribution >= 4 is 0 Å². The summed E-state index contributed by atoms with van der Waals surface area (Å²) in [5.74, 6) is 0.184. The topological polar surface area (TPSA) is 41.5 Å². The van der Waals surface area contributed by atoms with Gasteiger partial charge in [-0.05, 0) is 18.9 Å². The zero-order valence-electron chi connectivity index (χ0n) is 9.33. The van der Waals surface area contributed by atoms with E-state index in [9.17, 15) is 8.78 Å². The van der Waals surface area contributed by atoms with Crippen LogP contribution >= 0.6 is 0 Å². The van der Waals surface area contributed by atoms with Crippen LogP contribution < -0.4 is 10.1 Å². The molecule has 1 saturated carbocycles. The van der Waals surface area contributed by atoms with Gasteiger partial charge in [-0.2, -0.15) is 8.78 Å². The first-order valence-electron chi connectivity index (χ1n) is 5.54. The number of hydrogen-bond acceptors (Lipinski definition) is 3. The zero-order valence-corrected chi connectivity index (χ0v) is 9.33. The predicted octanol–water partition coefficient (Wildman–Crippen LogP) is 1.90. The lowest BCUT2D eigenvalue weighted by atomic mass is 10.2. The van der Waals surface area contributed by atoms with Crippen molar-refractivity contribution in [1.29, 1.82) is 0 Å². The van der Waals surface area contributed by atoms with Crippen molar-refractivity contribution in [2.75, 3.05) is 6.61 Å². The smallest absolute Gasteiger partial charge is 0.387 e. The van der Waals surface area contributed by atoms with Crippen molar-refractivity contribution in [3.8, 4) is 5.75 Å². The van der Waals surface area contributed by atoms with Gasteiger partial charge >= 0.3 is 6.61 Å². The molecule has 94 valence electrons. The summed E-state index contributed by atoms with van der Waals surface area (Å²) in [7, 11) is 0. The molecule has 2 rings (SSSR count). The quantitative estimate of drug-likeness (QED) is 0.801. The highest BCUT2D eigenvalue weighted by Gasteiger charge is 2.41. The Bertz CT molecular complexity index is 381. The number of rotatable bonds is 6. The summed E-state index contributed by atoms with van der Waals surface area (Å²) in [5, 5.41) is 12.3. The van der Waals surface area contributed by atoms with Crippen LogP contribution in [0.15, 0.2) is 24.3 Å². The van der Waals surface area contributed by atoms with Crippen LogP contribution in [0.25, 0.3) is 0 Å². The van der Waals surface area contributed by atoms with Gasteiger partial charge in [0, 0.05) is 17.6 Å². The molecule has 1 aromatic carbocycles. The van der Waals surface area contributed by atoms with E-state index < -0.39 is 6.61 Å². The maximum atomic E-state index is 12.2. The summed E-state index contributed by atoms with van der Waals surface area (Å²) in [6.45, 7) is -2.32. The van der Waals surface area contributed by atoms with Gasteiger partial charge in [0.15, 0.2) is 0 Å². The van der Waals surface area contributed by atoms with Crippen LogP contribution in [0.4, 0.5) is 8.78 Å². The molecule has 0 spiro atoms. The summed E-state index contributed by atoms with van der Waals surface area (Å²) in [5.41, 5.74) is 0.463. The molecule has 0 heterocycles. The lowest BCUT2D eigenvalue weighted by molar-refractivity contribution is -0.0505. The average Bonchev–Trinajstić information content (AvgIpc) is 3.08. The minimum absolute atomic E-state index is 0.0743. The average molecular weight is 243 g/mol. The second kappa shape index (κ2) is 4.98. The first-order valence-corrected chi connectivity index (χ1v) is 5.54. The van der Waals surface area contributed by atoms with Crippen molar-refractivity contribution in [3.05, 3.63) is 29.8 Å². The van der Waals surface area contributed by atoms with E-state index in [1.54, 1.807) is 18.2 Å². The Morgan fingerprint density at radius 3 is 2.65 bits per heavy atom. The van der Waals surface area contributed by atoms with Gasteiger partial charge in [0.25, 0.3) is 0 Å². The molecule has 0 bridgehead atoms. The second-order valence-electron chi connectivity index (χ2n) is 4.28. The number of ether oxygens (including phenoxy) is 1. The third-order valence-corrected chi connectivity index (χ3v) is 3.00. The lowest BCUT2D eigenvalue weighted by Crippen LogP contribution is -2.34. The highest BCUT2D eigenvalue weighted by molar-refractivity contribution is 5.33. The van der Waals surface area contributed by atoms with E-state index in [1.807, 2.05) is 0 Å². The number of benzene rings is 1. The van der Waals surface area contributed by atoms with Gasteiger partial charge in [0.1, 0.15) is 5.75 Å². The fraction of sp³-hybridized carbons (Fsp3) is 0.500. The van der Waals surface area contributed by atoms with Crippen molar-refractivity contribution < 1.29 is 18.6 Å². The van der Waals surface area contributed by atoms with Gasteiger partial charge in [-0.15, -0.1) is 0 Å².